The van der Waals surface area contributed by atoms with Gasteiger partial charge in [-0.2, -0.15) is 0 Å². The zero-order chi connectivity index (χ0) is 17.3. The van der Waals surface area contributed by atoms with E-state index in [4.69, 9.17) is 0 Å². The lowest BCUT2D eigenvalue weighted by Crippen LogP contribution is -2.46. The molecule has 0 bridgehead atoms. The Morgan fingerprint density at radius 1 is 1.21 bits per heavy atom. The Kier molecular flexibility index (Phi) is 4.93. The summed E-state index contributed by atoms with van der Waals surface area (Å²) in [6.45, 7) is 7.65. The first-order valence-electron chi connectivity index (χ1n) is 9.19. The van der Waals surface area contributed by atoms with Crippen LogP contribution in [0.5, 0.6) is 0 Å². The van der Waals surface area contributed by atoms with Gasteiger partial charge in [-0.25, -0.2) is 0 Å². The summed E-state index contributed by atoms with van der Waals surface area (Å²) < 4.78 is 0. The van der Waals surface area contributed by atoms with Gasteiger partial charge in [-0.3, -0.25) is 9.59 Å². The summed E-state index contributed by atoms with van der Waals surface area (Å²) in [6.07, 6.45) is 4.75. The molecule has 130 valence electrons. The molecular weight excluding hydrogens is 300 g/mol. The van der Waals surface area contributed by atoms with Crippen molar-refractivity contribution in [2.75, 3.05) is 18.0 Å². The maximum absolute atomic E-state index is 13.0. The van der Waals surface area contributed by atoms with Crippen LogP contribution in [0.3, 0.4) is 0 Å². The standard InChI is InChI=1S/C20H28N2O2/c1-4-17-7-5-6-10-21(17)20(24)16-12-19(23)22(13-16)18-9-8-14(2)15(3)11-18/h8-9,11,16-17H,4-7,10,12-13H2,1-3H3/t16-,17+/m1/s1. The van der Waals surface area contributed by atoms with Crippen molar-refractivity contribution in [2.45, 2.75) is 58.9 Å². The Labute approximate surface area is 144 Å². The van der Waals surface area contributed by atoms with Crippen LogP contribution in [0.4, 0.5) is 5.69 Å². The first kappa shape index (κ1) is 17.0. The van der Waals surface area contributed by atoms with E-state index in [1.807, 2.05) is 17.0 Å². The van der Waals surface area contributed by atoms with E-state index in [0.29, 0.717) is 19.0 Å². The summed E-state index contributed by atoms with van der Waals surface area (Å²) in [5.74, 6) is 0.0640. The van der Waals surface area contributed by atoms with Gasteiger partial charge in [0.05, 0.1) is 5.92 Å². The highest BCUT2D eigenvalue weighted by Crippen LogP contribution is 2.30. The molecule has 24 heavy (non-hydrogen) atoms. The number of nitrogens with zero attached hydrogens (tertiary/aromatic N) is 2. The highest BCUT2D eigenvalue weighted by molar-refractivity contribution is 6.00. The molecule has 2 saturated heterocycles. The molecular formula is C20H28N2O2. The van der Waals surface area contributed by atoms with Gasteiger partial charge in [0.15, 0.2) is 0 Å². The lowest BCUT2D eigenvalue weighted by Gasteiger charge is -2.36. The van der Waals surface area contributed by atoms with Gasteiger partial charge in [0.25, 0.3) is 0 Å². The summed E-state index contributed by atoms with van der Waals surface area (Å²) in [7, 11) is 0. The number of rotatable bonds is 3. The molecule has 0 N–H and O–H groups in total. The van der Waals surface area contributed by atoms with Crippen molar-refractivity contribution in [3.63, 3.8) is 0 Å². The normalized spacial score (nSPS) is 24.5. The van der Waals surface area contributed by atoms with Crippen molar-refractivity contribution in [3.8, 4) is 0 Å². The van der Waals surface area contributed by atoms with E-state index in [2.05, 4.69) is 26.8 Å². The molecule has 1 aromatic rings. The van der Waals surface area contributed by atoms with Gasteiger partial charge in [0, 0.05) is 31.2 Å². The van der Waals surface area contributed by atoms with Crippen molar-refractivity contribution < 1.29 is 9.59 Å². The summed E-state index contributed by atoms with van der Waals surface area (Å²) >= 11 is 0. The van der Waals surface area contributed by atoms with Gasteiger partial charge in [-0.05, 0) is 62.8 Å². The lowest BCUT2D eigenvalue weighted by molar-refractivity contribution is -0.139. The number of piperidine rings is 1. The summed E-state index contributed by atoms with van der Waals surface area (Å²) in [5.41, 5.74) is 3.32. The molecule has 4 nitrogen and oxygen atoms in total. The summed E-state index contributed by atoms with van der Waals surface area (Å²) in [4.78, 5) is 29.3. The highest BCUT2D eigenvalue weighted by atomic mass is 16.2. The van der Waals surface area contributed by atoms with Gasteiger partial charge in [0.2, 0.25) is 11.8 Å². The smallest absolute Gasteiger partial charge is 0.228 e. The number of anilines is 1. The Hall–Kier alpha value is -1.84. The minimum atomic E-state index is -0.189. The van der Waals surface area contributed by atoms with E-state index in [1.54, 1.807) is 4.90 Å². The molecule has 0 spiro atoms. The van der Waals surface area contributed by atoms with Crippen LogP contribution < -0.4 is 4.90 Å². The molecule has 0 aromatic heterocycles. The molecule has 0 saturated carbocycles. The van der Waals surface area contributed by atoms with Crippen LogP contribution in [0.1, 0.15) is 50.2 Å². The molecule has 2 amide bonds. The fourth-order valence-electron chi connectivity index (χ4n) is 3.97. The SMILES string of the molecule is CC[C@H]1CCCCN1C(=O)[C@@H]1CC(=O)N(c2ccc(C)c(C)c2)C1. The Bertz CT molecular complexity index is 641. The quantitative estimate of drug-likeness (QED) is 0.853. The van der Waals surface area contributed by atoms with Crippen molar-refractivity contribution in [1.29, 1.82) is 0 Å². The number of likely N-dealkylation sites (tertiary alicyclic amines) is 1. The van der Waals surface area contributed by atoms with Gasteiger partial charge in [-0.1, -0.05) is 13.0 Å². The number of benzene rings is 1. The van der Waals surface area contributed by atoms with Crippen LogP contribution in [0.15, 0.2) is 18.2 Å². The second kappa shape index (κ2) is 6.96. The predicted molar refractivity (Wildman–Crippen MR) is 96.0 cm³/mol. The number of hydrogen-bond acceptors (Lipinski definition) is 2. The number of carbonyl (C=O) groups excluding carboxylic acids is 2. The maximum Gasteiger partial charge on any atom is 0.228 e. The van der Waals surface area contributed by atoms with Crippen LogP contribution in [-0.2, 0) is 9.59 Å². The molecule has 2 atom stereocenters. The van der Waals surface area contributed by atoms with E-state index in [1.165, 1.54) is 17.5 Å². The topological polar surface area (TPSA) is 40.6 Å². The third kappa shape index (κ3) is 3.19. The average Bonchev–Trinajstić information content (AvgIpc) is 2.98. The molecule has 0 unspecified atom stereocenters. The van der Waals surface area contributed by atoms with Crippen LogP contribution in [0, 0.1) is 19.8 Å². The van der Waals surface area contributed by atoms with Crippen LogP contribution >= 0.6 is 0 Å². The molecule has 2 heterocycles. The van der Waals surface area contributed by atoms with Crippen molar-refractivity contribution in [1.82, 2.24) is 4.90 Å². The van der Waals surface area contributed by atoms with E-state index >= 15 is 0 Å². The third-order valence-corrected chi connectivity index (χ3v) is 5.66. The van der Waals surface area contributed by atoms with Gasteiger partial charge < -0.3 is 9.80 Å². The zero-order valence-corrected chi connectivity index (χ0v) is 15.0. The molecule has 4 heteroatoms. The number of aryl methyl sites for hydroxylation is 2. The number of amides is 2. The van der Waals surface area contributed by atoms with Crippen molar-refractivity contribution >= 4 is 17.5 Å². The fraction of sp³-hybridized carbons (Fsp3) is 0.600. The molecule has 2 aliphatic rings. The molecule has 0 aliphatic carbocycles. The van der Waals surface area contributed by atoms with Crippen LogP contribution in [0.2, 0.25) is 0 Å². The van der Waals surface area contributed by atoms with Crippen molar-refractivity contribution in [2.24, 2.45) is 5.92 Å². The monoisotopic (exact) mass is 328 g/mol. The number of carbonyl (C=O) groups is 2. The Balaban J connectivity index is 1.74. The van der Waals surface area contributed by atoms with Crippen molar-refractivity contribution in [3.05, 3.63) is 29.3 Å². The fourth-order valence-corrected chi connectivity index (χ4v) is 3.97. The largest absolute Gasteiger partial charge is 0.339 e. The van der Waals surface area contributed by atoms with Crippen LogP contribution in [0.25, 0.3) is 0 Å². The number of hydrogen-bond donors (Lipinski definition) is 0. The molecule has 2 aliphatic heterocycles. The third-order valence-electron chi connectivity index (χ3n) is 5.66. The van der Waals surface area contributed by atoms with Gasteiger partial charge in [0.1, 0.15) is 0 Å². The second-order valence-electron chi connectivity index (χ2n) is 7.26. The Morgan fingerprint density at radius 3 is 2.71 bits per heavy atom. The molecule has 2 fully saturated rings. The summed E-state index contributed by atoms with van der Waals surface area (Å²) in [6, 6.07) is 6.45. The minimum Gasteiger partial charge on any atom is -0.339 e. The predicted octanol–water partition coefficient (Wildman–Crippen LogP) is 3.45. The van der Waals surface area contributed by atoms with Gasteiger partial charge in [-0.15, -0.1) is 0 Å². The first-order chi connectivity index (χ1) is 11.5. The first-order valence-corrected chi connectivity index (χ1v) is 9.19. The molecule has 3 rings (SSSR count). The zero-order valence-electron chi connectivity index (χ0n) is 15.0. The second-order valence-corrected chi connectivity index (χ2v) is 7.26. The summed E-state index contributed by atoms with van der Waals surface area (Å²) in [5, 5.41) is 0. The average molecular weight is 328 g/mol. The van der Waals surface area contributed by atoms with E-state index in [9.17, 15) is 9.59 Å². The van der Waals surface area contributed by atoms with E-state index < -0.39 is 0 Å². The minimum absolute atomic E-state index is 0.0710. The molecule has 0 radical (unpaired) electrons. The van der Waals surface area contributed by atoms with Crippen LogP contribution in [-0.4, -0.2) is 35.8 Å². The van der Waals surface area contributed by atoms with E-state index in [-0.39, 0.29) is 17.7 Å². The highest BCUT2D eigenvalue weighted by Gasteiger charge is 2.39. The lowest BCUT2D eigenvalue weighted by atomic mass is 9.97. The molecule has 1 aromatic carbocycles. The van der Waals surface area contributed by atoms with E-state index in [0.717, 1.165) is 31.5 Å². The maximum atomic E-state index is 13.0. The van der Waals surface area contributed by atoms with Gasteiger partial charge >= 0.3 is 0 Å². The Morgan fingerprint density at radius 2 is 2.00 bits per heavy atom.